The minimum absolute atomic E-state index is 0.0796. The van der Waals surface area contributed by atoms with Gasteiger partial charge in [-0.2, -0.15) is 0 Å². The fraction of sp³-hybridized carbons (Fsp3) is 0.421. The van der Waals surface area contributed by atoms with Gasteiger partial charge in [-0.1, -0.05) is 0 Å². The number of nitrogens with one attached hydrogen (secondary N) is 1. The molecule has 2 saturated heterocycles. The first-order valence-electron chi connectivity index (χ1n) is 8.86. The van der Waals surface area contributed by atoms with Gasteiger partial charge >= 0.3 is 0 Å². The van der Waals surface area contributed by atoms with Crippen molar-refractivity contribution in [2.75, 3.05) is 13.1 Å². The van der Waals surface area contributed by atoms with E-state index >= 15 is 0 Å². The van der Waals surface area contributed by atoms with Gasteiger partial charge in [0, 0.05) is 44.0 Å². The third-order valence-corrected chi connectivity index (χ3v) is 5.50. The smallest absolute Gasteiger partial charge is 0.274 e. The highest BCUT2D eigenvalue weighted by Crippen LogP contribution is 2.43. The fourth-order valence-corrected chi connectivity index (χ4v) is 4.08. The molecule has 0 radical (unpaired) electrons. The van der Waals surface area contributed by atoms with Crippen molar-refractivity contribution in [1.29, 1.82) is 0 Å². The lowest BCUT2D eigenvalue weighted by Gasteiger charge is -2.42. The van der Waals surface area contributed by atoms with E-state index in [-0.39, 0.29) is 23.3 Å². The summed E-state index contributed by atoms with van der Waals surface area (Å²) in [5.74, 6) is 0.0996. The third-order valence-electron chi connectivity index (χ3n) is 5.50. The van der Waals surface area contributed by atoms with E-state index in [1.165, 1.54) is 6.20 Å². The average Bonchev–Trinajstić information content (AvgIpc) is 2.99. The lowest BCUT2D eigenvalue weighted by atomic mass is 9.74. The Labute approximate surface area is 151 Å². The van der Waals surface area contributed by atoms with Gasteiger partial charge in [0.15, 0.2) is 0 Å². The highest BCUT2D eigenvalue weighted by Gasteiger charge is 2.49. The highest BCUT2D eigenvalue weighted by molar-refractivity contribution is 5.92. The minimum atomic E-state index is -0.284. The second kappa shape index (κ2) is 6.48. The summed E-state index contributed by atoms with van der Waals surface area (Å²) in [5.41, 5.74) is 2.00. The maximum absolute atomic E-state index is 12.7. The number of piperidine rings is 1. The van der Waals surface area contributed by atoms with Gasteiger partial charge in [-0.15, -0.1) is 0 Å². The Bertz CT molecular complexity index is 814. The summed E-state index contributed by atoms with van der Waals surface area (Å²) < 4.78 is 0. The molecule has 2 fully saturated rings. The molecule has 0 aromatic carbocycles. The number of carbonyl (C=O) groups excluding carboxylic acids is 2. The minimum Gasteiger partial charge on any atom is -0.350 e. The summed E-state index contributed by atoms with van der Waals surface area (Å²) in [7, 11) is 0. The molecule has 26 heavy (non-hydrogen) atoms. The predicted molar refractivity (Wildman–Crippen MR) is 94.4 cm³/mol. The largest absolute Gasteiger partial charge is 0.350 e. The molecule has 2 aromatic rings. The van der Waals surface area contributed by atoms with E-state index in [4.69, 9.17) is 0 Å². The SMILES string of the molecule is Cc1cnc(C(=O)N2CCC3(CC2)NC(=O)CC3c2ccncc2)cn1. The second-order valence-electron chi connectivity index (χ2n) is 7.08. The van der Waals surface area contributed by atoms with E-state index in [9.17, 15) is 9.59 Å². The van der Waals surface area contributed by atoms with Gasteiger partial charge in [-0.05, 0) is 37.5 Å². The summed E-state index contributed by atoms with van der Waals surface area (Å²) in [4.78, 5) is 39.0. The van der Waals surface area contributed by atoms with Gasteiger partial charge in [0.25, 0.3) is 5.91 Å². The van der Waals surface area contributed by atoms with Gasteiger partial charge in [0.05, 0.1) is 17.4 Å². The zero-order chi connectivity index (χ0) is 18.1. The molecule has 1 spiro atoms. The van der Waals surface area contributed by atoms with Crippen molar-refractivity contribution in [3.05, 3.63) is 53.9 Å². The Morgan fingerprint density at radius 2 is 1.92 bits per heavy atom. The molecular weight excluding hydrogens is 330 g/mol. The summed E-state index contributed by atoms with van der Waals surface area (Å²) in [6.45, 7) is 3.03. The number of hydrogen-bond donors (Lipinski definition) is 1. The first kappa shape index (κ1) is 16.6. The number of carbonyl (C=O) groups is 2. The molecule has 2 aliphatic rings. The third kappa shape index (κ3) is 2.94. The summed E-state index contributed by atoms with van der Waals surface area (Å²) in [5, 5.41) is 3.20. The molecule has 4 heterocycles. The molecule has 134 valence electrons. The molecule has 1 N–H and O–H groups in total. The zero-order valence-corrected chi connectivity index (χ0v) is 14.7. The molecule has 1 unspecified atom stereocenters. The predicted octanol–water partition coefficient (Wildman–Crippen LogP) is 1.46. The molecule has 1 atom stereocenters. The lowest BCUT2D eigenvalue weighted by molar-refractivity contribution is -0.120. The van der Waals surface area contributed by atoms with E-state index in [2.05, 4.69) is 20.3 Å². The second-order valence-corrected chi connectivity index (χ2v) is 7.08. The number of nitrogens with zero attached hydrogens (tertiary/aromatic N) is 4. The number of likely N-dealkylation sites (tertiary alicyclic amines) is 1. The molecule has 0 aliphatic carbocycles. The van der Waals surface area contributed by atoms with E-state index in [0.29, 0.717) is 25.2 Å². The molecule has 4 rings (SSSR count). The maximum atomic E-state index is 12.7. The van der Waals surface area contributed by atoms with Gasteiger partial charge in [0.2, 0.25) is 5.91 Å². The molecule has 2 aromatic heterocycles. The van der Waals surface area contributed by atoms with Crippen molar-refractivity contribution in [3.63, 3.8) is 0 Å². The van der Waals surface area contributed by atoms with Gasteiger partial charge in [-0.3, -0.25) is 19.6 Å². The molecule has 2 amide bonds. The van der Waals surface area contributed by atoms with Crippen molar-refractivity contribution in [2.45, 2.75) is 37.6 Å². The van der Waals surface area contributed by atoms with Gasteiger partial charge < -0.3 is 10.2 Å². The van der Waals surface area contributed by atoms with Gasteiger partial charge in [-0.25, -0.2) is 4.98 Å². The van der Waals surface area contributed by atoms with Gasteiger partial charge in [0.1, 0.15) is 5.69 Å². The quantitative estimate of drug-likeness (QED) is 0.885. The maximum Gasteiger partial charge on any atom is 0.274 e. The van der Waals surface area contributed by atoms with Crippen LogP contribution in [-0.4, -0.2) is 50.3 Å². The molecule has 2 aliphatic heterocycles. The van der Waals surface area contributed by atoms with Crippen molar-refractivity contribution >= 4 is 11.8 Å². The van der Waals surface area contributed by atoms with Crippen LogP contribution in [0.1, 0.15) is 46.9 Å². The standard InChI is InChI=1S/C19H21N5O2/c1-13-11-22-16(12-21-13)18(26)24-8-4-19(5-9-24)15(10-17(25)23-19)14-2-6-20-7-3-14/h2-3,6-7,11-12,15H,4-5,8-10H2,1H3,(H,23,25). The molecule has 7 nitrogen and oxygen atoms in total. The van der Waals surface area contributed by atoms with Crippen LogP contribution in [0, 0.1) is 6.92 Å². The number of rotatable bonds is 2. The Balaban J connectivity index is 1.50. The van der Waals surface area contributed by atoms with Crippen LogP contribution in [0.3, 0.4) is 0 Å². The summed E-state index contributed by atoms with van der Waals surface area (Å²) in [6, 6.07) is 3.96. The van der Waals surface area contributed by atoms with E-state index in [1.807, 2.05) is 19.1 Å². The number of aryl methyl sites for hydroxylation is 1. The van der Waals surface area contributed by atoms with Crippen LogP contribution in [0.15, 0.2) is 36.9 Å². The number of aromatic nitrogens is 3. The normalized spacial score (nSPS) is 21.7. The Morgan fingerprint density at radius 3 is 2.58 bits per heavy atom. The van der Waals surface area contributed by atoms with Crippen LogP contribution in [0.25, 0.3) is 0 Å². The van der Waals surface area contributed by atoms with Crippen molar-refractivity contribution < 1.29 is 9.59 Å². The van der Waals surface area contributed by atoms with Crippen LogP contribution < -0.4 is 5.32 Å². The van der Waals surface area contributed by atoms with Crippen LogP contribution in [0.4, 0.5) is 0 Å². The zero-order valence-electron chi connectivity index (χ0n) is 14.7. The number of hydrogen-bond acceptors (Lipinski definition) is 5. The average molecular weight is 351 g/mol. The Hall–Kier alpha value is -2.83. The van der Waals surface area contributed by atoms with Crippen LogP contribution in [-0.2, 0) is 4.79 Å². The van der Waals surface area contributed by atoms with E-state index in [1.54, 1.807) is 23.5 Å². The van der Waals surface area contributed by atoms with Crippen molar-refractivity contribution in [3.8, 4) is 0 Å². The van der Waals surface area contributed by atoms with Crippen molar-refractivity contribution in [1.82, 2.24) is 25.2 Å². The first-order chi connectivity index (χ1) is 12.6. The summed E-state index contributed by atoms with van der Waals surface area (Å²) >= 11 is 0. The Kier molecular flexibility index (Phi) is 4.14. The molecule has 0 bridgehead atoms. The van der Waals surface area contributed by atoms with Crippen LogP contribution in [0.2, 0.25) is 0 Å². The molecular formula is C19H21N5O2. The summed E-state index contributed by atoms with van der Waals surface area (Å²) in [6.07, 6.45) is 8.62. The first-order valence-corrected chi connectivity index (χ1v) is 8.86. The van der Waals surface area contributed by atoms with Crippen LogP contribution in [0.5, 0.6) is 0 Å². The number of amides is 2. The molecule has 0 saturated carbocycles. The van der Waals surface area contributed by atoms with Crippen LogP contribution >= 0.6 is 0 Å². The Morgan fingerprint density at radius 1 is 1.19 bits per heavy atom. The lowest BCUT2D eigenvalue weighted by Crippen LogP contribution is -2.54. The fourth-order valence-electron chi connectivity index (χ4n) is 4.08. The van der Waals surface area contributed by atoms with E-state index < -0.39 is 0 Å². The monoisotopic (exact) mass is 351 g/mol. The van der Waals surface area contributed by atoms with E-state index in [0.717, 1.165) is 24.1 Å². The number of pyridine rings is 1. The topological polar surface area (TPSA) is 88.1 Å². The highest BCUT2D eigenvalue weighted by atomic mass is 16.2. The molecule has 7 heteroatoms. The van der Waals surface area contributed by atoms with Crippen molar-refractivity contribution in [2.24, 2.45) is 0 Å².